The maximum Gasteiger partial charge on any atom is 0.0484 e. The molecule has 0 unspecified atom stereocenters. The number of benzene rings is 4. The van der Waals surface area contributed by atoms with Crippen LogP contribution in [0.5, 0.6) is 0 Å². The third kappa shape index (κ3) is 1.90. The molecule has 0 aromatic heterocycles. The van der Waals surface area contributed by atoms with Crippen molar-refractivity contribution in [2.45, 2.75) is 6.04 Å². The second-order valence-electron chi connectivity index (χ2n) is 5.27. The number of halogens is 1. The maximum absolute atomic E-state index is 6.17. The zero-order valence-corrected chi connectivity index (χ0v) is 12.4. The molecule has 0 fully saturated rings. The Labute approximate surface area is 129 Å². The molecule has 0 spiro atoms. The van der Waals surface area contributed by atoms with Crippen LogP contribution in [0.3, 0.4) is 0 Å². The first-order valence-electron chi connectivity index (χ1n) is 6.84. The topological polar surface area (TPSA) is 26.0 Å². The molecule has 0 saturated heterocycles. The van der Waals surface area contributed by atoms with Gasteiger partial charge in [-0.2, -0.15) is 0 Å². The molecular formula is C19H16ClN. The molecule has 0 radical (unpaired) electrons. The quantitative estimate of drug-likeness (QED) is 0.399. The highest BCUT2D eigenvalue weighted by atomic mass is 35.5. The first-order valence-corrected chi connectivity index (χ1v) is 6.84. The van der Waals surface area contributed by atoms with Gasteiger partial charge in [-0.15, -0.1) is 19.0 Å². The fourth-order valence-electron chi connectivity index (χ4n) is 3.18. The van der Waals surface area contributed by atoms with E-state index in [1.807, 2.05) is 0 Å². The Morgan fingerprint density at radius 1 is 0.810 bits per heavy atom. The fourth-order valence-corrected chi connectivity index (χ4v) is 3.18. The average Bonchev–Trinajstić information content (AvgIpc) is 2.51. The molecule has 0 aliphatic carbocycles. The molecule has 0 amide bonds. The number of hydrogen-bond donors (Lipinski definition) is 1. The highest BCUT2D eigenvalue weighted by molar-refractivity contribution is 6.23. The lowest BCUT2D eigenvalue weighted by Gasteiger charge is -2.15. The van der Waals surface area contributed by atoms with Gasteiger partial charge < -0.3 is 5.73 Å². The van der Waals surface area contributed by atoms with Crippen molar-refractivity contribution in [1.82, 2.24) is 0 Å². The largest absolute Gasteiger partial charge is 0.321 e. The third-order valence-electron chi connectivity index (χ3n) is 4.18. The minimum absolute atomic E-state index is 0. The predicted molar refractivity (Wildman–Crippen MR) is 94.5 cm³/mol. The van der Waals surface area contributed by atoms with Gasteiger partial charge in [-0.25, -0.2) is 0 Å². The van der Waals surface area contributed by atoms with Crippen LogP contribution >= 0.6 is 12.4 Å². The van der Waals surface area contributed by atoms with Crippen molar-refractivity contribution in [2.24, 2.45) is 5.73 Å². The highest BCUT2D eigenvalue weighted by Gasteiger charge is 2.12. The van der Waals surface area contributed by atoms with Crippen LogP contribution in [0.4, 0.5) is 0 Å². The van der Waals surface area contributed by atoms with Crippen molar-refractivity contribution in [2.75, 3.05) is 0 Å². The van der Waals surface area contributed by atoms with Crippen LogP contribution in [0.15, 0.2) is 67.3 Å². The van der Waals surface area contributed by atoms with Gasteiger partial charge in [0.15, 0.2) is 0 Å². The average molecular weight is 294 g/mol. The van der Waals surface area contributed by atoms with Crippen molar-refractivity contribution in [3.63, 3.8) is 0 Å². The van der Waals surface area contributed by atoms with E-state index in [0.717, 1.165) is 5.56 Å². The molecule has 2 N–H and O–H groups in total. The Bertz CT molecular complexity index is 926. The van der Waals surface area contributed by atoms with Crippen LogP contribution in [-0.4, -0.2) is 0 Å². The summed E-state index contributed by atoms with van der Waals surface area (Å²) < 4.78 is 0. The van der Waals surface area contributed by atoms with E-state index in [1.54, 1.807) is 6.08 Å². The lowest BCUT2D eigenvalue weighted by Crippen LogP contribution is -2.07. The SMILES string of the molecule is C=C[C@@H](N)c1ccc2ccc3cccc4ccc1c2c34.Cl. The first-order chi connectivity index (χ1) is 9.79. The second kappa shape index (κ2) is 5.03. The lowest BCUT2D eigenvalue weighted by atomic mass is 9.90. The van der Waals surface area contributed by atoms with E-state index in [2.05, 4.69) is 61.2 Å². The Morgan fingerprint density at radius 3 is 2.05 bits per heavy atom. The summed E-state index contributed by atoms with van der Waals surface area (Å²) >= 11 is 0. The van der Waals surface area contributed by atoms with Crippen LogP contribution in [0.2, 0.25) is 0 Å². The molecule has 104 valence electrons. The van der Waals surface area contributed by atoms with E-state index in [1.165, 1.54) is 32.3 Å². The number of nitrogens with two attached hydrogens (primary N) is 1. The van der Waals surface area contributed by atoms with Crippen molar-refractivity contribution < 1.29 is 0 Å². The molecule has 1 nitrogen and oxygen atoms in total. The summed E-state index contributed by atoms with van der Waals surface area (Å²) in [5.74, 6) is 0. The van der Waals surface area contributed by atoms with Gasteiger partial charge in [0.1, 0.15) is 0 Å². The minimum Gasteiger partial charge on any atom is -0.321 e. The predicted octanol–water partition coefficient (Wildman–Crippen LogP) is 5.19. The molecule has 0 bridgehead atoms. The first kappa shape index (κ1) is 13.9. The molecule has 4 rings (SSSR count). The molecule has 4 aromatic rings. The van der Waals surface area contributed by atoms with Gasteiger partial charge >= 0.3 is 0 Å². The van der Waals surface area contributed by atoms with Gasteiger partial charge in [-0.1, -0.05) is 60.7 Å². The van der Waals surface area contributed by atoms with E-state index in [9.17, 15) is 0 Å². The number of hydrogen-bond acceptors (Lipinski definition) is 1. The molecule has 2 heteroatoms. The summed E-state index contributed by atoms with van der Waals surface area (Å²) in [6.45, 7) is 3.82. The molecule has 0 saturated carbocycles. The minimum atomic E-state index is -0.125. The summed E-state index contributed by atoms with van der Waals surface area (Å²) in [5, 5.41) is 7.72. The number of rotatable bonds is 2. The van der Waals surface area contributed by atoms with E-state index < -0.39 is 0 Å². The third-order valence-corrected chi connectivity index (χ3v) is 4.18. The van der Waals surface area contributed by atoms with Gasteiger partial charge in [-0.05, 0) is 37.9 Å². The molecular weight excluding hydrogens is 278 g/mol. The Balaban J connectivity index is 0.00000132. The zero-order valence-electron chi connectivity index (χ0n) is 11.5. The monoisotopic (exact) mass is 293 g/mol. The Hall–Kier alpha value is -2.09. The summed E-state index contributed by atoms with van der Waals surface area (Å²) in [7, 11) is 0. The van der Waals surface area contributed by atoms with Crippen LogP contribution in [0, 0.1) is 0 Å². The smallest absolute Gasteiger partial charge is 0.0484 e. The normalized spacial score (nSPS) is 12.6. The van der Waals surface area contributed by atoms with Crippen molar-refractivity contribution in [3.8, 4) is 0 Å². The van der Waals surface area contributed by atoms with Crippen molar-refractivity contribution in [1.29, 1.82) is 0 Å². The van der Waals surface area contributed by atoms with Gasteiger partial charge in [0.05, 0.1) is 0 Å². The Morgan fingerprint density at radius 2 is 1.38 bits per heavy atom. The highest BCUT2D eigenvalue weighted by Crippen LogP contribution is 2.37. The van der Waals surface area contributed by atoms with Crippen LogP contribution < -0.4 is 5.73 Å². The lowest BCUT2D eigenvalue weighted by molar-refractivity contribution is 0.926. The van der Waals surface area contributed by atoms with Gasteiger partial charge in [0, 0.05) is 6.04 Å². The maximum atomic E-state index is 6.17. The van der Waals surface area contributed by atoms with E-state index in [4.69, 9.17) is 5.73 Å². The standard InChI is InChI=1S/C19H15N.ClH/c1-2-17(20)15-10-8-14-7-6-12-4-3-5-13-9-11-16(15)19(14)18(12)13;/h2-11,17H,1,20H2;1H/t17-;/m1./s1. The summed E-state index contributed by atoms with van der Waals surface area (Å²) in [6, 6.07) is 19.3. The molecule has 1 atom stereocenters. The second-order valence-corrected chi connectivity index (χ2v) is 5.27. The molecule has 0 aliphatic rings. The molecule has 0 aliphatic heterocycles. The van der Waals surface area contributed by atoms with Gasteiger partial charge in [0.2, 0.25) is 0 Å². The van der Waals surface area contributed by atoms with Crippen LogP contribution in [0.1, 0.15) is 11.6 Å². The van der Waals surface area contributed by atoms with Crippen molar-refractivity contribution in [3.05, 3.63) is 72.8 Å². The summed E-state index contributed by atoms with van der Waals surface area (Å²) in [4.78, 5) is 0. The summed E-state index contributed by atoms with van der Waals surface area (Å²) in [6.07, 6.45) is 1.80. The zero-order chi connectivity index (χ0) is 13.7. The van der Waals surface area contributed by atoms with E-state index >= 15 is 0 Å². The summed E-state index contributed by atoms with van der Waals surface area (Å²) in [5.41, 5.74) is 7.32. The molecule has 21 heavy (non-hydrogen) atoms. The van der Waals surface area contributed by atoms with Gasteiger partial charge in [-0.3, -0.25) is 0 Å². The molecule has 0 heterocycles. The molecule has 4 aromatic carbocycles. The van der Waals surface area contributed by atoms with E-state index in [-0.39, 0.29) is 18.4 Å². The van der Waals surface area contributed by atoms with Crippen LogP contribution in [0.25, 0.3) is 32.3 Å². The van der Waals surface area contributed by atoms with Crippen molar-refractivity contribution >= 4 is 44.7 Å². The van der Waals surface area contributed by atoms with E-state index in [0.29, 0.717) is 0 Å². The Kier molecular flexibility index (Phi) is 3.32. The van der Waals surface area contributed by atoms with Gasteiger partial charge in [0.25, 0.3) is 0 Å². The van der Waals surface area contributed by atoms with Crippen LogP contribution in [-0.2, 0) is 0 Å². The fraction of sp³-hybridized carbons (Fsp3) is 0.0526.